The van der Waals surface area contributed by atoms with E-state index in [9.17, 15) is 0 Å². The lowest BCUT2D eigenvalue weighted by Gasteiger charge is -2.40. The first-order valence-corrected chi connectivity index (χ1v) is 22.3. The van der Waals surface area contributed by atoms with Gasteiger partial charge in [0.05, 0.1) is 11.4 Å². The van der Waals surface area contributed by atoms with Crippen LogP contribution in [0.15, 0.2) is 188 Å². The van der Waals surface area contributed by atoms with E-state index < -0.39 is 0 Å². The predicted molar refractivity (Wildman–Crippen MR) is 254 cm³/mol. The molecule has 3 atom stereocenters. The van der Waals surface area contributed by atoms with Crippen molar-refractivity contribution in [2.24, 2.45) is 11.8 Å². The smallest absolute Gasteiger partial charge is 0.0505 e. The molecule has 1 spiro atoms. The SMILES string of the molecule is Cc1ccccc1N(c1ccccc1)c1cccc2c1C13c4c(cccc4N(c4ccccc4)c4cc(-c5ccccc5)c5c(c4)C(C)(C)c4ccccc4-5)CC1CCC3C2. The van der Waals surface area contributed by atoms with Crippen molar-refractivity contribution in [2.45, 2.75) is 57.3 Å². The molecule has 0 amide bonds. The van der Waals surface area contributed by atoms with E-state index in [0.29, 0.717) is 11.8 Å². The summed E-state index contributed by atoms with van der Waals surface area (Å²) >= 11 is 0. The molecule has 4 aliphatic carbocycles. The van der Waals surface area contributed by atoms with Crippen molar-refractivity contribution in [3.63, 3.8) is 0 Å². The monoisotopic (exact) mass is 786 g/mol. The van der Waals surface area contributed by atoms with Crippen molar-refractivity contribution >= 4 is 34.1 Å². The summed E-state index contributed by atoms with van der Waals surface area (Å²) in [5, 5.41) is 0. The topological polar surface area (TPSA) is 6.48 Å². The van der Waals surface area contributed by atoms with Crippen molar-refractivity contribution in [3.05, 3.63) is 227 Å². The maximum atomic E-state index is 2.63. The van der Waals surface area contributed by atoms with Gasteiger partial charge >= 0.3 is 0 Å². The maximum absolute atomic E-state index is 2.63. The van der Waals surface area contributed by atoms with Crippen LogP contribution in [0.25, 0.3) is 22.3 Å². The number of para-hydroxylation sites is 3. The summed E-state index contributed by atoms with van der Waals surface area (Å²) in [7, 11) is 0. The van der Waals surface area contributed by atoms with Crippen molar-refractivity contribution < 1.29 is 0 Å². The van der Waals surface area contributed by atoms with Crippen molar-refractivity contribution in [2.75, 3.05) is 9.80 Å². The number of hydrogen-bond acceptors (Lipinski definition) is 2. The summed E-state index contributed by atoms with van der Waals surface area (Å²) in [6.45, 7) is 7.09. The summed E-state index contributed by atoms with van der Waals surface area (Å²) in [6.07, 6.45) is 4.71. The van der Waals surface area contributed by atoms with Gasteiger partial charge in [0.1, 0.15) is 0 Å². The molecule has 12 rings (SSSR count). The lowest BCUT2D eigenvalue weighted by atomic mass is 9.68. The molecule has 0 heterocycles. The largest absolute Gasteiger partial charge is 0.310 e. The van der Waals surface area contributed by atoms with Crippen LogP contribution in [0.3, 0.4) is 0 Å². The van der Waals surface area contributed by atoms with Crippen LogP contribution in [0, 0.1) is 18.8 Å². The van der Waals surface area contributed by atoms with Gasteiger partial charge in [0.15, 0.2) is 0 Å². The highest BCUT2D eigenvalue weighted by atomic mass is 15.2. The molecule has 61 heavy (non-hydrogen) atoms. The molecule has 3 unspecified atom stereocenters. The molecule has 8 aromatic rings. The zero-order chi connectivity index (χ0) is 40.9. The summed E-state index contributed by atoms with van der Waals surface area (Å²) in [5.41, 5.74) is 22.6. The Hall–Kier alpha value is -6.64. The van der Waals surface area contributed by atoms with E-state index in [1.807, 2.05) is 0 Å². The fraction of sp³-hybridized carbons (Fsp3) is 0.186. The van der Waals surface area contributed by atoms with Gasteiger partial charge in [-0.2, -0.15) is 0 Å². The van der Waals surface area contributed by atoms with Crippen LogP contribution in [-0.2, 0) is 23.7 Å². The quantitative estimate of drug-likeness (QED) is 0.159. The van der Waals surface area contributed by atoms with Gasteiger partial charge in [0, 0.05) is 33.6 Å². The molecule has 0 radical (unpaired) electrons. The molecule has 2 nitrogen and oxygen atoms in total. The first-order chi connectivity index (χ1) is 29.9. The Bertz CT molecular complexity index is 2980. The molecule has 0 saturated heterocycles. The standard InChI is InChI=1S/C59H50N2/c1-39-19-13-16-30-52(39)61(46-26-11-6-12-27-46)54-32-18-23-42-36-44-34-33-43-35-41-22-17-31-53(56(41)59(43,44)57(42)54)60(45-24-9-5-10-25-45)47-37-49(40-20-7-4-8-21-40)55-48-28-14-15-29-50(48)58(2,3)51(55)38-47/h4-32,37-38,43-44H,33-36H2,1-3H3. The number of nitrogens with zero attached hydrogens (tertiary/aromatic N) is 2. The van der Waals surface area contributed by atoms with Gasteiger partial charge in [0.25, 0.3) is 0 Å². The number of hydrogen-bond donors (Lipinski definition) is 0. The van der Waals surface area contributed by atoms with Crippen molar-refractivity contribution in [1.82, 2.24) is 0 Å². The Morgan fingerprint density at radius 1 is 0.443 bits per heavy atom. The summed E-state index contributed by atoms with van der Waals surface area (Å²) < 4.78 is 0. The fourth-order valence-electron chi connectivity index (χ4n) is 12.6. The second-order valence-electron chi connectivity index (χ2n) is 18.5. The third-order valence-electron chi connectivity index (χ3n) is 15.0. The van der Waals surface area contributed by atoms with E-state index in [1.165, 1.54) is 97.0 Å². The first-order valence-electron chi connectivity index (χ1n) is 22.3. The zero-order valence-corrected chi connectivity index (χ0v) is 35.3. The molecule has 0 N–H and O–H groups in total. The van der Waals surface area contributed by atoms with Crippen LogP contribution in [0.4, 0.5) is 34.1 Å². The number of anilines is 6. The Morgan fingerprint density at radius 3 is 1.61 bits per heavy atom. The third kappa shape index (κ3) is 5.21. The van der Waals surface area contributed by atoms with Crippen LogP contribution >= 0.6 is 0 Å². The van der Waals surface area contributed by atoms with Crippen LogP contribution in [0.2, 0.25) is 0 Å². The average molecular weight is 787 g/mol. The number of fused-ring (bicyclic) bond motifs is 5. The van der Waals surface area contributed by atoms with Gasteiger partial charge in [-0.3, -0.25) is 0 Å². The van der Waals surface area contributed by atoms with E-state index in [-0.39, 0.29) is 10.8 Å². The molecule has 8 aromatic carbocycles. The van der Waals surface area contributed by atoms with Crippen LogP contribution in [0.1, 0.15) is 65.6 Å². The predicted octanol–water partition coefficient (Wildman–Crippen LogP) is 15.3. The number of aryl methyl sites for hydroxylation is 1. The highest BCUT2D eigenvalue weighted by molar-refractivity contribution is 5.97. The van der Waals surface area contributed by atoms with Crippen LogP contribution < -0.4 is 9.80 Å². The van der Waals surface area contributed by atoms with E-state index in [0.717, 1.165) is 12.8 Å². The molecule has 0 aliphatic heterocycles. The summed E-state index contributed by atoms with van der Waals surface area (Å²) in [5.74, 6) is 1.05. The fourth-order valence-corrected chi connectivity index (χ4v) is 12.6. The van der Waals surface area contributed by atoms with Crippen LogP contribution in [-0.4, -0.2) is 0 Å². The average Bonchev–Trinajstić information content (AvgIpc) is 3.99. The Labute approximate surface area is 360 Å². The Morgan fingerprint density at radius 2 is 0.967 bits per heavy atom. The van der Waals surface area contributed by atoms with E-state index >= 15 is 0 Å². The minimum absolute atomic E-state index is 0.130. The van der Waals surface area contributed by atoms with E-state index in [2.05, 4.69) is 219 Å². The lowest BCUT2D eigenvalue weighted by Crippen LogP contribution is -2.34. The Kier molecular flexibility index (Phi) is 8.13. The molecule has 2 heteroatoms. The van der Waals surface area contributed by atoms with Gasteiger partial charge in [-0.25, -0.2) is 0 Å². The second-order valence-corrected chi connectivity index (χ2v) is 18.5. The minimum atomic E-state index is -0.164. The van der Waals surface area contributed by atoms with E-state index in [1.54, 1.807) is 11.1 Å². The molecule has 1 saturated carbocycles. The second kappa shape index (κ2) is 13.7. The maximum Gasteiger partial charge on any atom is 0.0505 e. The highest BCUT2D eigenvalue weighted by Crippen LogP contribution is 2.69. The van der Waals surface area contributed by atoms with Gasteiger partial charge in [-0.15, -0.1) is 0 Å². The van der Waals surface area contributed by atoms with Gasteiger partial charge in [0.2, 0.25) is 0 Å². The number of rotatable bonds is 7. The molecule has 296 valence electrons. The molecule has 1 fully saturated rings. The van der Waals surface area contributed by atoms with E-state index in [4.69, 9.17) is 0 Å². The Balaban J connectivity index is 1.14. The van der Waals surface area contributed by atoms with Crippen molar-refractivity contribution in [3.8, 4) is 22.3 Å². The zero-order valence-electron chi connectivity index (χ0n) is 35.3. The molecule has 4 aliphatic rings. The van der Waals surface area contributed by atoms with Gasteiger partial charge in [-0.1, -0.05) is 147 Å². The van der Waals surface area contributed by atoms with Crippen molar-refractivity contribution in [1.29, 1.82) is 0 Å². The molecular weight excluding hydrogens is 737 g/mol. The molecule has 0 aromatic heterocycles. The highest BCUT2D eigenvalue weighted by Gasteiger charge is 2.62. The molecule has 0 bridgehead atoms. The first kappa shape index (κ1) is 36.2. The van der Waals surface area contributed by atoms with Gasteiger partial charge < -0.3 is 9.80 Å². The third-order valence-corrected chi connectivity index (χ3v) is 15.0. The molecular formula is C59H50N2. The number of benzene rings is 8. The summed E-state index contributed by atoms with van der Waals surface area (Å²) in [6, 6.07) is 70.8. The summed E-state index contributed by atoms with van der Waals surface area (Å²) in [4.78, 5) is 5.21. The lowest BCUT2D eigenvalue weighted by molar-refractivity contribution is 0.350. The minimum Gasteiger partial charge on any atom is -0.310 e. The normalized spacial score (nSPS) is 19.7. The van der Waals surface area contributed by atoms with Crippen LogP contribution in [0.5, 0.6) is 0 Å². The van der Waals surface area contributed by atoms with Gasteiger partial charge in [-0.05, 0) is 160 Å².